The zero-order chi connectivity index (χ0) is 25.3. The smallest absolute Gasteiger partial charge is 0.326 e. The third-order valence-electron chi connectivity index (χ3n) is 5.24. The Morgan fingerprint density at radius 3 is 2.41 bits per heavy atom. The summed E-state index contributed by atoms with van der Waals surface area (Å²) >= 11 is 5.44. The molecule has 0 aliphatic rings. The summed E-state index contributed by atoms with van der Waals surface area (Å²) in [6.45, 7) is 1.47. The number of H-pyrrole nitrogens is 1. The molecule has 12 heteroatoms. The maximum atomic E-state index is 13.0. The third-order valence-corrected chi connectivity index (χ3v) is 6.28. The summed E-state index contributed by atoms with van der Waals surface area (Å²) in [6, 6.07) is 3.51. The van der Waals surface area contributed by atoms with Crippen LogP contribution in [0.3, 0.4) is 0 Å². The lowest BCUT2D eigenvalue weighted by atomic mass is 10.0. The van der Waals surface area contributed by atoms with Crippen LogP contribution in [0.5, 0.6) is 0 Å². The Morgan fingerprint density at radius 1 is 1.09 bits per heavy atom. The minimum Gasteiger partial charge on any atom is -0.480 e. The van der Waals surface area contributed by atoms with Gasteiger partial charge in [0.25, 0.3) is 0 Å². The number of thiol groups is 1. The van der Waals surface area contributed by atoms with E-state index in [2.05, 4.69) is 33.6 Å². The van der Waals surface area contributed by atoms with Crippen LogP contribution in [0, 0.1) is 0 Å². The van der Waals surface area contributed by atoms with Gasteiger partial charge in [0, 0.05) is 29.3 Å². The number of carbonyl (C=O) groups excluding carboxylic acids is 3. The van der Waals surface area contributed by atoms with Crippen molar-refractivity contribution < 1.29 is 24.3 Å². The van der Waals surface area contributed by atoms with E-state index < -0.39 is 47.9 Å². The molecule has 1 aromatic heterocycles. The average Bonchev–Trinajstić information content (AvgIpc) is 3.23. The predicted octanol–water partition coefficient (Wildman–Crippen LogP) is 0.280. The van der Waals surface area contributed by atoms with Crippen molar-refractivity contribution in [3.63, 3.8) is 0 Å². The summed E-state index contributed by atoms with van der Waals surface area (Å²) in [5.74, 6) is -2.23. The van der Waals surface area contributed by atoms with Gasteiger partial charge in [-0.15, -0.1) is 0 Å². The summed E-state index contributed by atoms with van der Waals surface area (Å²) in [5.41, 5.74) is 7.23. The van der Waals surface area contributed by atoms with Gasteiger partial charge in [-0.05, 0) is 37.0 Å². The summed E-state index contributed by atoms with van der Waals surface area (Å²) in [6.07, 6.45) is 3.94. The largest absolute Gasteiger partial charge is 0.480 e. The number of hydrogen-bond donors (Lipinski definition) is 7. The van der Waals surface area contributed by atoms with Crippen LogP contribution in [-0.4, -0.2) is 75.7 Å². The van der Waals surface area contributed by atoms with E-state index in [4.69, 9.17) is 5.73 Å². The van der Waals surface area contributed by atoms with E-state index in [1.165, 1.54) is 18.7 Å². The van der Waals surface area contributed by atoms with Crippen LogP contribution in [-0.2, 0) is 25.6 Å². The molecular formula is C22H31N5O5S2. The monoisotopic (exact) mass is 509 g/mol. The number of rotatable bonds is 13. The second kappa shape index (κ2) is 13.3. The van der Waals surface area contributed by atoms with Crippen molar-refractivity contribution in [2.24, 2.45) is 5.73 Å². The number of aliphatic carboxylic acids is 1. The highest BCUT2D eigenvalue weighted by Gasteiger charge is 2.29. The molecule has 34 heavy (non-hydrogen) atoms. The first-order chi connectivity index (χ1) is 16.2. The molecule has 0 fully saturated rings. The molecule has 4 atom stereocenters. The number of amides is 3. The van der Waals surface area contributed by atoms with Gasteiger partial charge in [0.1, 0.15) is 18.1 Å². The SMILES string of the molecule is CSCCC(NC(=O)C(C)NC(=O)C(N)CS)C(=O)NC(Cc1c[nH]c2ccccc12)C(=O)O. The quantitative estimate of drug-likeness (QED) is 0.190. The van der Waals surface area contributed by atoms with E-state index in [0.29, 0.717) is 5.75 Å². The van der Waals surface area contributed by atoms with Gasteiger partial charge in [0.15, 0.2) is 0 Å². The number of thioether (sulfide) groups is 1. The van der Waals surface area contributed by atoms with Crippen LogP contribution in [0.15, 0.2) is 30.5 Å². The van der Waals surface area contributed by atoms with Crippen molar-refractivity contribution in [2.45, 2.75) is 43.9 Å². The van der Waals surface area contributed by atoms with Crippen LogP contribution in [0.1, 0.15) is 18.9 Å². The lowest BCUT2D eigenvalue weighted by Gasteiger charge is -2.23. The Labute approximate surface area is 207 Å². The first-order valence-corrected chi connectivity index (χ1v) is 12.7. The highest BCUT2D eigenvalue weighted by atomic mass is 32.2. The van der Waals surface area contributed by atoms with Crippen molar-refractivity contribution in [3.8, 4) is 0 Å². The van der Waals surface area contributed by atoms with Gasteiger partial charge in [0.05, 0.1) is 6.04 Å². The summed E-state index contributed by atoms with van der Waals surface area (Å²) < 4.78 is 0. The zero-order valence-electron chi connectivity index (χ0n) is 19.0. The number of carboxylic acid groups (broad SMARTS) is 1. The zero-order valence-corrected chi connectivity index (χ0v) is 20.7. The molecule has 4 unspecified atom stereocenters. The van der Waals surface area contributed by atoms with E-state index in [1.54, 1.807) is 6.20 Å². The number of aromatic nitrogens is 1. The highest BCUT2D eigenvalue weighted by molar-refractivity contribution is 7.98. The van der Waals surface area contributed by atoms with Gasteiger partial charge in [-0.2, -0.15) is 24.4 Å². The fourth-order valence-corrected chi connectivity index (χ4v) is 3.90. The van der Waals surface area contributed by atoms with Crippen molar-refractivity contribution in [2.75, 3.05) is 17.8 Å². The lowest BCUT2D eigenvalue weighted by Crippen LogP contribution is -2.56. The molecular weight excluding hydrogens is 478 g/mol. The fraction of sp³-hybridized carbons (Fsp3) is 0.455. The molecule has 0 aliphatic heterocycles. The van der Waals surface area contributed by atoms with E-state index in [-0.39, 0.29) is 18.6 Å². The first kappa shape index (κ1) is 27.5. The molecule has 0 bridgehead atoms. The predicted molar refractivity (Wildman–Crippen MR) is 136 cm³/mol. The van der Waals surface area contributed by atoms with Crippen LogP contribution < -0.4 is 21.7 Å². The molecule has 2 rings (SSSR count). The number of carboxylic acids is 1. The van der Waals surface area contributed by atoms with Crippen LogP contribution in [0.25, 0.3) is 10.9 Å². The molecule has 1 aromatic carbocycles. The number of fused-ring (bicyclic) bond motifs is 1. The number of nitrogens with two attached hydrogens (primary N) is 1. The summed E-state index contributed by atoms with van der Waals surface area (Å²) in [4.78, 5) is 52.5. The average molecular weight is 510 g/mol. The molecule has 0 saturated carbocycles. The van der Waals surface area contributed by atoms with Gasteiger partial charge >= 0.3 is 5.97 Å². The molecule has 186 valence electrons. The number of para-hydroxylation sites is 1. The maximum Gasteiger partial charge on any atom is 0.326 e. The summed E-state index contributed by atoms with van der Waals surface area (Å²) in [7, 11) is 0. The van der Waals surface area contributed by atoms with Crippen LogP contribution >= 0.6 is 24.4 Å². The summed E-state index contributed by atoms with van der Waals surface area (Å²) in [5, 5.41) is 18.2. The number of aromatic amines is 1. The Morgan fingerprint density at radius 2 is 1.76 bits per heavy atom. The molecule has 3 amide bonds. The van der Waals surface area contributed by atoms with Crippen LogP contribution in [0.4, 0.5) is 0 Å². The fourth-order valence-electron chi connectivity index (χ4n) is 3.26. The van der Waals surface area contributed by atoms with Gasteiger partial charge in [-0.25, -0.2) is 4.79 Å². The lowest BCUT2D eigenvalue weighted by molar-refractivity contribution is -0.142. The number of hydrogen-bond acceptors (Lipinski definition) is 7. The van der Waals surface area contributed by atoms with Gasteiger partial charge in [0.2, 0.25) is 17.7 Å². The highest BCUT2D eigenvalue weighted by Crippen LogP contribution is 2.19. The minimum absolute atomic E-state index is 0.0718. The Bertz CT molecular complexity index is 1010. The molecule has 0 spiro atoms. The minimum atomic E-state index is -1.19. The second-order valence-electron chi connectivity index (χ2n) is 7.83. The van der Waals surface area contributed by atoms with Crippen LogP contribution in [0.2, 0.25) is 0 Å². The van der Waals surface area contributed by atoms with E-state index in [0.717, 1.165) is 16.5 Å². The van der Waals surface area contributed by atoms with Crippen molar-refractivity contribution >= 4 is 59.0 Å². The van der Waals surface area contributed by atoms with Gasteiger partial charge in [-0.1, -0.05) is 18.2 Å². The van der Waals surface area contributed by atoms with E-state index in [1.807, 2.05) is 30.5 Å². The van der Waals surface area contributed by atoms with Crippen molar-refractivity contribution in [1.29, 1.82) is 0 Å². The number of benzene rings is 1. The third kappa shape index (κ3) is 7.67. The standard InChI is InChI=1S/C22H31N5O5S2/c1-12(25-20(29)15(23)11-33)19(28)26-17(7-8-34-2)21(30)27-18(22(31)32)9-13-10-24-16-6-4-3-5-14(13)16/h3-6,10,12,15,17-18,24,33H,7-9,11,23H2,1-2H3,(H,25,29)(H,26,28)(H,27,30)(H,31,32). The van der Waals surface area contributed by atoms with Crippen molar-refractivity contribution in [1.82, 2.24) is 20.9 Å². The Hall–Kier alpha value is -2.70. The topological polar surface area (TPSA) is 166 Å². The molecule has 7 N–H and O–H groups in total. The molecule has 0 saturated heterocycles. The molecule has 10 nitrogen and oxygen atoms in total. The molecule has 0 aliphatic carbocycles. The van der Waals surface area contributed by atoms with Gasteiger partial charge in [-0.3, -0.25) is 14.4 Å². The van der Waals surface area contributed by atoms with E-state index in [9.17, 15) is 24.3 Å². The van der Waals surface area contributed by atoms with E-state index >= 15 is 0 Å². The second-order valence-corrected chi connectivity index (χ2v) is 9.18. The molecule has 2 aromatic rings. The normalized spacial score (nSPS) is 14.6. The number of carbonyl (C=O) groups is 4. The number of nitrogens with one attached hydrogen (secondary N) is 4. The molecule has 0 radical (unpaired) electrons. The van der Waals surface area contributed by atoms with Gasteiger partial charge < -0.3 is 31.8 Å². The van der Waals surface area contributed by atoms with Crippen molar-refractivity contribution in [3.05, 3.63) is 36.0 Å². The Kier molecular flexibility index (Phi) is 10.7. The molecule has 1 heterocycles. The Balaban J connectivity index is 2.08. The maximum absolute atomic E-state index is 13.0. The first-order valence-electron chi connectivity index (χ1n) is 10.7.